The normalized spacial score (nSPS) is 14.2. The van der Waals surface area contributed by atoms with Crippen LogP contribution in [0.2, 0.25) is 0 Å². The van der Waals surface area contributed by atoms with E-state index in [-0.39, 0.29) is 40.6 Å². The predicted molar refractivity (Wildman–Crippen MR) is 176 cm³/mol. The van der Waals surface area contributed by atoms with E-state index >= 15 is 0 Å². The minimum absolute atomic E-state index is 0.00100. The highest BCUT2D eigenvalue weighted by atomic mass is 15.0. The number of aromatic nitrogens is 4. The summed E-state index contributed by atoms with van der Waals surface area (Å²) < 4.78 is 77.9. The average molecular weight is 560 g/mol. The van der Waals surface area contributed by atoms with Gasteiger partial charge in [0.2, 0.25) is 0 Å². The molecule has 0 radical (unpaired) electrons. The highest BCUT2D eigenvalue weighted by Gasteiger charge is 2.15. The molecule has 202 valence electrons. The van der Waals surface area contributed by atoms with Crippen molar-refractivity contribution in [3.05, 3.63) is 158 Å². The molecule has 0 atom stereocenters. The zero-order valence-electron chi connectivity index (χ0n) is 31.6. The van der Waals surface area contributed by atoms with E-state index in [2.05, 4.69) is 0 Å². The highest BCUT2D eigenvalue weighted by Crippen LogP contribution is 2.35. The van der Waals surface area contributed by atoms with Crippen LogP contribution in [0.4, 0.5) is 0 Å². The molecule has 4 nitrogen and oxygen atoms in total. The molecule has 0 aliphatic rings. The molecule has 0 fully saturated rings. The van der Waals surface area contributed by atoms with Crippen LogP contribution in [-0.4, -0.2) is 19.5 Å². The first-order chi connectivity index (χ1) is 25.0. The third-order valence-corrected chi connectivity index (χ3v) is 7.27. The van der Waals surface area contributed by atoms with Crippen LogP contribution in [0, 0.1) is 0 Å². The van der Waals surface area contributed by atoms with Crippen molar-refractivity contribution in [3.8, 4) is 51.0 Å². The smallest absolute Gasteiger partial charge is 0.164 e. The van der Waals surface area contributed by atoms with Crippen molar-refractivity contribution in [2.24, 2.45) is 0 Å². The van der Waals surface area contributed by atoms with Crippen LogP contribution in [0.15, 0.2) is 158 Å². The molecule has 0 spiro atoms. The molecular weight excluding hydrogens is 524 g/mol. The molecule has 8 aromatic rings. The minimum Gasteiger partial charge on any atom is -0.309 e. The molecule has 2 heterocycles. The van der Waals surface area contributed by atoms with Gasteiger partial charge >= 0.3 is 0 Å². The van der Waals surface area contributed by atoms with Gasteiger partial charge in [-0.2, -0.15) is 0 Å². The molecule has 2 aromatic heterocycles. The van der Waals surface area contributed by atoms with Gasteiger partial charge in [0.05, 0.1) is 23.4 Å². The molecule has 0 bridgehead atoms. The van der Waals surface area contributed by atoms with E-state index in [4.69, 9.17) is 27.3 Å². The quantitative estimate of drug-likeness (QED) is 0.211. The van der Waals surface area contributed by atoms with E-state index in [1.54, 1.807) is 22.8 Å². The highest BCUT2D eigenvalue weighted by molar-refractivity contribution is 6.10. The fourth-order valence-corrected chi connectivity index (χ4v) is 5.24. The Labute approximate surface area is 262 Å². The number of nitrogens with zero attached hydrogens (tertiary/aromatic N) is 4. The summed E-state index contributed by atoms with van der Waals surface area (Å²) in [6, 6.07) is 28.1. The molecule has 0 aliphatic carbocycles. The Kier molecular flexibility index (Phi) is 4.20. The zero-order valence-corrected chi connectivity index (χ0v) is 22.6. The Balaban J connectivity index is 1.32. The second-order valence-corrected chi connectivity index (χ2v) is 9.88. The molecule has 0 aliphatic heterocycles. The van der Waals surface area contributed by atoms with Gasteiger partial charge in [-0.25, -0.2) is 15.0 Å². The van der Waals surface area contributed by atoms with Gasteiger partial charge in [-0.1, -0.05) is 115 Å². The van der Waals surface area contributed by atoms with Crippen LogP contribution in [0.1, 0.15) is 12.3 Å². The molecule has 0 unspecified atom stereocenters. The summed E-state index contributed by atoms with van der Waals surface area (Å²) in [4.78, 5) is 14.4. The van der Waals surface area contributed by atoms with Gasteiger partial charge in [0, 0.05) is 33.2 Å². The van der Waals surface area contributed by atoms with Crippen molar-refractivity contribution in [1.29, 1.82) is 0 Å². The van der Waals surface area contributed by atoms with Gasteiger partial charge in [-0.05, 0) is 53.6 Å². The third-order valence-electron chi connectivity index (χ3n) is 7.27. The van der Waals surface area contributed by atoms with E-state index in [0.717, 1.165) is 11.1 Å². The Morgan fingerprint density at radius 1 is 0.419 bits per heavy atom. The average Bonchev–Trinajstić information content (AvgIpc) is 3.53. The summed E-state index contributed by atoms with van der Waals surface area (Å²) in [5.41, 5.74) is 4.08. The van der Waals surface area contributed by atoms with Crippen LogP contribution in [-0.2, 0) is 0 Å². The molecule has 0 saturated heterocycles. The summed E-state index contributed by atoms with van der Waals surface area (Å²) in [5, 5.41) is 0.685. The second kappa shape index (κ2) is 10.5. The van der Waals surface area contributed by atoms with E-state index in [9.17, 15) is 0 Å². The van der Waals surface area contributed by atoms with E-state index in [0.29, 0.717) is 45.2 Å². The Morgan fingerprint density at radius 3 is 1.58 bits per heavy atom. The van der Waals surface area contributed by atoms with Crippen molar-refractivity contribution in [1.82, 2.24) is 19.5 Å². The van der Waals surface area contributed by atoms with Crippen molar-refractivity contribution in [2.75, 3.05) is 0 Å². The summed E-state index contributed by atoms with van der Waals surface area (Å²) in [7, 11) is 0. The number of para-hydroxylation sites is 1. The van der Waals surface area contributed by atoms with Crippen LogP contribution in [0.3, 0.4) is 0 Å². The molecule has 43 heavy (non-hydrogen) atoms. The lowest BCUT2D eigenvalue weighted by Gasteiger charge is -2.11. The topological polar surface area (TPSA) is 43.6 Å². The van der Waals surface area contributed by atoms with E-state index in [1.165, 1.54) is 0 Å². The second-order valence-electron chi connectivity index (χ2n) is 9.88. The molecule has 8 rings (SSSR count). The number of benzene rings is 6. The molecule has 0 N–H and O–H groups in total. The van der Waals surface area contributed by atoms with Crippen molar-refractivity contribution in [2.45, 2.75) is 0 Å². The SMILES string of the molecule is [2H]c1c([2H])c([2H])c(-c2ccc3c(c2)c2c([2H])c([2H])c([2H])c([2H])c2n3-c2ccc(-c3nc(-c4ccccc4)nc(-c4ccccc4)n3)cc2)c([2H])c1[2H]. The number of fused-ring (bicyclic) bond motifs is 3. The number of hydrogen-bond acceptors (Lipinski definition) is 3. The first kappa shape index (κ1) is 17.2. The largest absolute Gasteiger partial charge is 0.309 e. The van der Waals surface area contributed by atoms with Gasteiger partial charge in [0.1, 0.15) is 0 Å². The van der Waals surface area contributed by atoms with Gasteiger partial charge in [0.15, 0.2) is 17.5 Å². The van der Waals surface area contributed by atoms with Gasteiger partial charge in [-0.3, -0.25) is 0 Å². The standard InChI is InChI=1S/C39H26N4/c1-4-12-27(13-5-1)31-22-25-36-34(26-31)33-18-10-11-19-35(33)43(36)32-23-20-30(21-24-32)39-41-37(28-14-6-2-7-15-28)40-38(42-39)29-16-8-3-9-17-29/h1-26H/i1D,4D,5D,10D,11D,12D,13D,18D,19D. The molecular formula is C39H26N4. The fourth-order valence-electron chi connectivity index (χ4n) is 5.24. The number of rotatable bonds is 5. The maximum absolute atomic E-state index is 8.93. The first-order valence-corrected chi connectivity index (χ1v) is 13.6. The van der Waals surface area contributed by atoms with Gasteiger partial charge in [0.25, 0.3) is 0 Å². The van der Waals surface area contributed by atoms with E-state index < -0.39 is 30.2 Å². The summed E-state index contributed by atoms with van der Waals surface area (Å²) >= 11 is 0. The first-order valence-electron chi connectivity index (χ1n) is 18.1. The molecule has 4 heteroatoms. The predicted octanol–water partition coefficient (Wildman–Crippen LogP) is 9.64. The monoisotopic (exact) mass is 559 g/mol. The maximum Gasteiger partial charge on any atom is 0.164 e. The van der Waals surface area contributed by atoms with Gasteiger partial charge < -0.3 is 4.57 Å². The summed E-state index contributed by atoms with van der Waals surface area (Å²) in [5.74, 6) is 1.48. The summed E-state index contributed by atoms with van der Waals surface area (Å²) in [6.45, 7) is 0. The molecule has 6 aromatic carbocycles. The van der Waals surface area contributed by atoms with Crippen molar-refractivity contribution >= 4 is 21.8 Å². The van der Waals surface area contributed by atoms with Crippen LogP contribution >= 0.6 is 0 Å². The zero-order chi connectivity index (χ0) is 36.4. The fraction of sp³-hybridized carbons (Fsp3) is 0. The maximum atomic E-state index is 8.93. The molecule has 0 saturated carbocycles. The number of hydrogen-bond donors (Lipinski definition) is 0. The van der Waals surface area contributed by atoms with Crippen LogP contribution in [0.25, 0.3) is 72.8 Å². The lowest BCUT2D eigenvalue weighted by atomic mass is 10.0. The lowest BCUT2D eigenvalue weighted by molar-refractivity contribution is 1.07. The third kappa shape index (κ3) is 4.55. The lowest BCUT2D eigenvalue weighted by Crippen LogP contribution is -2.00. The van der Waals surface area contributed by atoms with Crippen molar-refractivity contribution < 1.29 is 12.3 Å². The van der Waals surface area contributed by atoms with E-state index in [1.807, 2.05) is 84.9 Å². The Morgan fingerprint density at radius 2 is 0.953 bits per heavy atom. The van der Waals surface area contributed by atoms with Crippen molar-refractivity contribution in [3.63, 3.8) is 0 Å². The Bertz CT molecular complexity index is 2630. The Hall–Kier alpha value is -5.87. The van der Waals surface area contributed by atoms with Crippen LogP contribution < -0.4 is 0 Å². The summed E-state index contributed by atoms with van der Waals surface area (Å²) in [6.07, 6.45) is 0. The molecule has 0 amide bonds. The minimum atomic E-state index is -0.501. The van der Waals surface area contributed by atoms with Gasteiger partial charge in [-0.15, -0.1) is 0 Å². The van der Waals surface area contributed by atoms with Crippen LogP contribution in [0.5, 0.6) is 0 Å².